The number of fused-ring (bicyclic) bond motifs is 1. The Labute approximate surface area is 247 Å². The number of hydrogen-bond donors (Lipinski definition) is 3. The average Bonchev–Trinajstić information content (AvgIpc) is 3.10. The Morgan fingerprint density at radius 2 is 1.51 bits per heavy atom. The van der Waals surface area contributed by atoms with Crippen molar-refractivity contribution < 1.29 is 58.1 Å². The Hall–Kier alpha value is -3.23. The predicted octanol–water partition coefficient (Wildman–Crippen LogP) is 1.00. The molecule has 0 unspecified atom stereocenters. The van der Waals surface area contributed by atoms with E-state index >= 15 is 0 Å². The van der Waals surface area contributed by atoms with Gasteiger partial charge in [-0.15, -0.1) is 0 Å². The maximum absolute atomic E-state index is 13.3. The van der Waals surface area contributed by atoms with Gasteiger partial charge in [0.1, 0.15) is 54.6 Å². The number of carbonyl (C=O) groups is 3. The van der Waals surface area contributed by atoms with Crippen LogP contribution in [-0.2, 0) is 33.2 Å². The first kappa shape index (κ1) is 29.8. The van der Waals surface area contributed by atoms with E-state index < -0.39 is 78.1 Å². The summed E-state index contributed by atoms with van der Waals surface area (Å²) in [7, 11) is 1.41. The highest BCUT2D eigenvalue weighted by Gasteiger charge is 2.87. The number of carbonyl (C=O) groups excluding carboxylic acids is 3. The van der Waals surface area contributed by atoms with E-state index in [9.17, 15) is 29.7 Å². The number of ether oxygens (including phenoxy) is 6. The molecule has 3 N–H and O–H groups in total. The Balaban J connectivity index is 1.26. The van der Waals surface area contributed by atoms with Crippen LogP contribution in [-0.4, -0.2) is 102 Å². The molecule has 2 heterocycles. The van der Waals surface area contributed by atoms with E-state index in [-0.39, 0.29) is 30.8 Å². The highest BCUT2D eigenvalue weighted by molar-refractivity contribution is 5.90. The molecule has 12 heteroatoms. The van der Waals surface area contributed by atoms with Gasteiger partial charge in [-0.3, -0.25) is 4.79 Å². The first-order valence-electron chi connectivity index (χ1n) is 14.1. The molecule has 7 rings (SSSR count). The molecular formula is C31H34O12. The lowest BCUT2D eigenvalue weighted by molar-refractivity contribution is -0.381. The van der Waals surface area contributed by atoms with E-state index in [1.54, 1.807) is 67.6 Å². The van der Waals surface area contributed by atoms with Gasteiger partial charge in [0.25, 0.3) is 0 Å². The van der Waals surface area contributed by atoms with E-state index in [2.05, 4.69) is 0 Å². The molecule has 12 nitrogen and oxygen atoms in total. The Kier molecular flexibility index (Phi) is 7.66. The standard InChI is InChI=1S/C31H34O12/c1-29-14-20(32)19-13-31(29,30(19,28(38-2)43-29)16-40-26(37)18-11-7-4-8-12-18)42-27-24(35)23(34)22(33)21(41-27)15-39-25(36)17-9-5-3-6-10-17/h3-12,19,21-24,27-28,33-35H,13-16H2,1-2H3/t19-,21+,22+,23-,24+,27-,28+,29-,30-,31-/m0/s1. The summed E-state index contributed by atoms with van der Waals surface area (Å²) in [6.07, 6.45) is -8.70. The van der Waals surface area contributed by atoms with Crippen LogP contribution in [0.15, 0.2) is 60.7 Å². The molecule has 5 fully saturated rings. The first-order chi connectivity index (χ1) is 20.6. The van der Waals surface area contributed by atoms with Crippen molar-refractivity contribution in [1.29, 1.82) is 0 Å². The highest BCUT2D eigenvalue weighted by Crippen LogP contribution is 2.74. The van der Waals surface area contributed by atoms with E-state index in [1.165, 1.54) is 7.11 Å². The van der Waals surface area contributed by atoms with Crippen molar-refractivity contribution in [1.82, 2.24) is 0 Å². The van der Waals surface area contributed by atoms with Crippen LogP contribution in [0.1, 0.15) is 40.5 Å². The summed E-state index contributed by atoms with van der Waals surface area (Å²) in [5.74, 6) is -2.02. The summed E-state index contributed by atoms with van der Waals surface area (Å²) in [5.41, 5.74) is -3.31. The molecule has 5 aliphatic rings. The number of rotatable bonds is 9. The molecule has 3 aliphatic carbocycles. The van der Waals surface area contributed by atoms with Crippen molar-refractivity contribution in [3.63, 3.8) is 0 Å². The Morgan fingerprint density at radius 3 is 2.12 bits per heavy atom. The third kappa shape index (κ3) is 4.51. The molecule has 0 amide bonds. The summed E-state index contributed by atoms with van der Waals surface area (Å²) < 4.78 is 35.5. The fraction of sp³-hybridized carbons (Fsp3) is 0.516. The molecule has 2 aliphatic heterocycles. The molecule has 43 heavy (non-hydrogen) atoms. The van der Waals surface area contributed by atoms with Crippen molar-refractivity contribution in [2.75, 3.05) is 20.3 Å². The van der Waals surface area contributed by atoms with Crippen molar-refractivity contribution in [2.45, 2.75) is 68.0 Å². The third-order valence-corrected chi connectivity index (χ3v) is 9.45. The van der Waals surface area contributed by atoms with E-state index in [1.807, 2.05) is 0 Å². The Bertz CT molecular complexity index is 1370. The molecule has 2 saturated heterocycles. The Morgan fingerprint density at radius 1 is 0.907 bits per heavy atom. The van der Waals surface area contributed by atoms with Crippen LogP contribution >= 0.6 is 0 Å². The van der Waals surface area contributed by atoms with Crippen molar-refractivity contribution in [2.24, 2.45) is 11.3 Å². The minimum atomic E-state index is -1.71. The summed E-state index contributed by atoms with van der Waals surface area (Å²) in [4.78, 5) is 38.7. The maximum atomic E-state index is 13.3. The van der Waals surface area contributed by atoms with Crippen LogP contribution in [0.5, 0.6) is 0 Å². The molecule has 0 spiro atoms. The third-order valence-electron chi connectivity index (χ3n) is 9.45. The lowest BCUT2D eigenvalue weighted by atomic mass is 9.41. The van der Waals surface area contributed by atoms with Crippen LogP contribution in [0.2, 0.25) is 0 Å². The van der Waals surface area contributed by atoms with E-state index in [0.717, 1.165) is 0 Å². The summed E-state index contributed by atoms with van der Waals surface area (Å²) in [6, 6.07) is 16.6. The van der Waals surface area contributed by atoms with Crippen LogP contribution < -0.4 is 0 Å². The fourth-order valence-corrected chi connectivity index (χ4v) is 7.18. The molecular weight excluding hydrogens is 564 g/mol. The largest absolute Gasteiger partial charge is 0.461 e. The zero-order valence-corrected chi connectivity index (χ0v) is 23.7. The molecule has 2 aromatic carbocycles. The lowest BCUT2D eigenvalue weighted by Crippen LogP contribution is -2.80. The number of benzene rings is 2. The number of aliphatic hydroxyl groups excluding tert-OH is 3. The van der Waals surface area contributed by atoms with Crippen molar-refractivity contribution in [3.05, 3.63) is 71.8 Å². The maximum Gasteiger partial charge on any atom is 0.338 e. The zero-order chi connectivity index (χ0) is 30.6. The second-order valence-electron chi connectivity index (χ2n) is 11.7. The summed E-state index contributed by atoms with van der Waals surface area (Å²) in [6.45, 7) is 0.949. The summed E-state index contributed by atoms with van der Waals surface area (Å²) >= 11 is 0. The number of Topliss-reactive ketones (excluding diaryl/α,β-unsaturated/α-hetero) is 1. The molecule has 0 aromatic heterocycles. The normalized spacial score (nSPS) is 39.6. The molecule has 230 valence electrons. The van der Waals surface area contributed by atoms with Gasteiger partial charge in [0.05, 0.1) is 16.5 Å². The molecule has 0 radical (unpaired) electrons. The van der Waals surface area contributed by atoms with Crippen molar-refractivity contribution in [3.8, 4) is 0 Å². The van der Waals surface area contributed by atoms with Gasteiger partial charge in [-0.25, -0.2) is 9.59 Å². The van der Waals surface area contributed by atoms with Gasteiger partial charge < -0.3 is 43.7 Å². The average molecular weight is 599 g/mol. The number of hydrogen-bond acceptors (Lipinski definition) is 12. The first-order valence-corrected chi connectivity index (χ1v) is 14.1. The monoisotopic (exact) mass is 598 g/mol. The van der Waals surface area contributed by atoms with Gasteiger partial charge in [0.15, 0.2) is 12.6 Å². The van der Waals surface area contributed by atoms with Crippen LogP contribution in [0.3, 0.4) is 0 Å². The number of ketones is 1. The van der Waals surface area contributed by atoms with E-state index in [4.69, 9.17) is 28.4 Å². The summed E-state index contributed by atoms with van der Waals surface area (Å²) in [5, 5.41) is 32.3. The quantitative estimate of drug-likeness (QED) is 0.351. The number of esters is 2. The van der Waals surface area contributed by atoms with Gasteiger partial charge in [-0.2, -0.15) is 0 Å². The minimum absolute atomic E-state index is 0.0297. The number of methoxy groups -OCH3 is 1. The van der Waals surface area contributed by atoms with Gasteiger partial charge in [0, 0.05) is 19.4 Å². The topological polar surface area (TPSA) is 167 Å². The molecule has 4 bridgehead atoms. The van der Waals surface area contributed by atoms with Crippen LogP contribution in [0, 0.1) is 11.3 Å². The van der Waals surface area contributed by atoms with Gasteiger partial charge >= 0.3 is 11.9 Å². The molecule has 10 atom stereocenters. The predicted molar refractivity (Wildman–Crippen MR) is 144 cm³/mol. The smallest absolute Gasteiger partial charge is 0.338 e. The van der Waals surface area contributed by atoms with Gasteiger partial charge in [0.2, 0.25) is 0 Å². The lowest BCUT2D eigenvalue weighted by Gasteiger charge is -2.66. The van der Waals surface area contributed by atoms with Crippen molar-refractivity contribution >= 4 is 17.7 Å². The number of aliphatic hydroxyl groups is 3. The van der Waals surface area contributed by atoms with E-state index in [0.29, 0.717) is 5.56 Å². The second kappa shape index (κ2) is 11.0. The molecule has 3 saturated carbocycles. The molecule has 2 aromatic rings. The minimum Gasteiger partial charge on any atom is -0.461 e. The highest BCUT2D eigenvalue weighted by atomic mass is 16.8. The fourth-order valence-electron chi connectivity index (χ4n) is 7.18. The second-order valence-corrected chi connectivity index (χ2v) is 11.7. The van der Waals surface area contributed by atoms with Crippen LogP contribution in [0.25, 0.3) is 0 Å². The SMILES string of the molecule is CO[C@@H]1O[C@@]2(C)CC(=O)[C@@H]3C[C@@]2(O[C@@H]2O[C@H](COC(=O)c4ccccc4)[C@@H](O)[C@H](O)[C@H]2O)[C@]13COC(=O)c1ccccc1. The van der Waals surface area contributed by atoms with Crippen LogP contribution in [0.4, 0.5) is 0 Å². The zero-order valence-electron chi connectivity index (χ0n) is 23.7. The van der Waals surface area contributed by atoms with Gasteiger partial charge in [-0.1, -0.05) is 36.4 Å². The van der Waals surface area contributed by atoms with Gasteiger partial charge in [-0.05, 0) is 37.6 Å².